The van der Waals surface area contributed by atoms with Gasteiger partial charge in [-0.1, -0.05) is 32.9 Å². The molecule has 21 heavy (non-hydrogen) atoms. The Bertz CT molecular complexity index is 645. The second-order valence-corrected chi connectivity index (χ2v) is 5.40. The molecule has 3 nitrogen and oxygen atoms in total. The number of para-hydroxylation sites is 1. The average Bonchev–Trinajstić information content (AvgIpc) is 2.92. The molecule has 1 aromatic heterocycles. The SMILES string of the molecule is CCN(CC)C(C)(CC)C(=O)c1cc2cccc(F)c2o1. The van der Waals surface area contributed by atoms with Gasteiger partial charge in [0.1, 0.15) is 0 Å². The number of carbonyl (C=O) groups is 1. The van der Waals surface area contributed by atoms with Crippen LogP contribution in [0.1, 0.15) is 44.7 Å². The van der Waals surface area contributed by atoms with E-state index in [4.69, 9.17) is 4.42 Å². The maximum atomic E-state index is 13.7. The van der Waals surface area contributed by atoms with Gasteiger partial charge in [-0.25, -0.2) is 4.39 Å². The summed E-state index contributed by atoms with van der Waals surface area (Å²) in [5, 5.41) is 0.622. The van der Waals surface area contributed by atoms with Crippen molar-refractivity contribution in [2.24, 2.45) is 0 Å². The van der Waals surface area contributed by atoms with Gasteiger partial charge < -0.3 is 4.42 Å². The summed E-state index contributed by atoms with van der Waals surface area (Å²) in [5.41, 5.74) is -0.479. The molecule has 1 unspecified atom stereocenters. The van der Waals surface area contributed by atoms with E-state index < -0.39 is 11.4 Å². The van der Waals surface area contributed by atoms with Crippen molar-refractivity contribution in [2.45, 2.75) is 39.7 Å². The molecular weight excluding hydrogens is 269 g/mol. The zero-order valence-corrected chi connectivity index (χ0v) is 13.1. The molecule has 0 aliphatic carbocycles. The van der Waals surface area contributed by atoms with E-state index in [1.165, 1.54) is 6.07 Å². The predicted octanol–water partition coefficient (Wildman–Crippen LogP) is 4.27. The second kappa shape index (κ2) is 5.98. The number of nitrogens with zero attached hydrogens (tertiary/aromatic N) is 1. The molecule has 2 rings (SSSR count). The molecule has 0 aliphatic rings. The van der Waals surface area contributed by atoms with Gasteiger partial charge >= 0.3 is 0 Å². The average molecular weight is 291 g/mol. The molecule has 0 spiro atoms. The first-order valence-electron chi connectivity index (χ1n) is 7.45. The number of hydrogen-bond donors (Lipinski definition) is 0. The third kappa shape index (κ3) is 2.60. The summed E-state index contributed by atoms with van der Waals surface area (Å²) in [6.45, 7) is 9.53. The smallest absolute Gasteiger partial charge is 0.217 e. The summed E-state index contributed by atoms with van der Waals surface area (Å²) in [5.74, 6) is -0.303. The molecule has 0 amide bonds. The minimum Gasteiger partial charge on any atom is -0.450 e. The quantitative estimate of drug-likeness (QED) is 0.745. The Morgan fingerprint density at radius 1 is 1.29 bits per heavy atom. The number of hydrogen-bond acceptors (Lipinski definition) is 3. The fourth-order valence-electron chi connectivity index (χ4n) is 2.85. The van der Waals surface area contributed by atoms with E-state index in [2.05, 4.69) is 4.90 Å². The Kier molecular flexibility index (Phi) is 4.47. The van der Waals surface area contributed by atoms with Crippen molar-refractivity contribution < 1.29 is 13.6 Å². The molecule has 2 aromatic rings. The number of ketones is 1. The molecule has 0 radical (unpaired) electrons. The van der Waals surface area contributed by atoms with Crippen LogP contribution in [0.5, 0.6) is 0 Å². The number of halogens is 1. The van der Waals surface area contributed by atoms with Gasteiger partial charge in [0, 0.05) is 5.39 Å². The Labute approximate surface area is 124 Å². The van der Waals surface area contributed by atoms with E-state index in [0.29, 0.717) is 11.8 Å². The van der Waals surface area contributed by atoms with Gasteiger partial charge in [0.15, 0.2) is 17.2 Å². The van der Waals surface area contributed by atoms with Crippen LogP contribution in [0.4, 0.5) is 4.39 Å². The van der Waals surface area contributed by atoms with E-state index in [0.717, 1.165) is 13.1 Å². The molecule has 1 heterocycles. The van der Waals surface area contributed by atoms with Crippen LogP contribution in [-0.2, 0) is 0 Å². The Balaban J connectivity index is 2.47. The van der Waals surface area contributed by atoms with E-state index in [9.17, 15) is 9.18 Å². The van der Waals surface area contributed by atoms with Crippen molar-refractivity contribution in [3.8, 4) is 0 Å². The van der Waals surface area contributed by atoms with Crippen LogP contribution in [0.25, 0.3) is 11.0 Å². The molecular formula is C17H22FNO2. The number of benzene rings is 1. The van der Waals surface area contributed by atoms with Crippen LogP contribution in [0.2, 0.25) is 0 Å². The van der Waals surface area contributed by atoms with Gasteiger partial charge in [-0.15, -0.1) is 0 Å². The lowest BCUT2D eigenvalue weighted by atomic mass is 9.89. The minimum absolute atomic E-state index is 0.0932. The predicted molar refractivity (Wildman–Crippen MR) is 82.1 cm³/mol. The summed E-state index contributed by atoms with van der Waals surface area (Å²) < 4.78 is 19.2. The number of rotatable bonds is 6. The van der Waals surface area contributed by atoms with Gasteiger partial charge in [-0.05, 0) is 38.6 Å². The van der Waals surface area contributed by atoms with Crippen LogP contribution in [-0.4, -0.2) is 29.3 Å². The highest BCUT2D eigenvalue weighted by Gasteiger charge is 2.38. The van der Waals surface area contributed by atoms with Crippen molar-refractivity contribution in [1.82, 2.24) is 4.90 Å². The molecule has 0 saturated heterocycles. The largest absolute Gasteiger partial charge is 0.450 e. The fraction of sp³-hybridized carbons (Fsp3) is 0.471. The summed E-state index contributed by atoms with van der Waals surface area (Å²) >= 11 is 0. The molecule has 0 aliphatic heterocycles. The third-order valence-corrected chi connectivity index (χ3v) is 4.36. The standard InChI is InChI=1S/C17H22FNO2/c1-5-17(4,19(6-2)7-3)16(20)14-11-12-9-8-10-13(18)15(12)21-14/h8-11H,5-7H2,1-4H3. The Hall–Kier alpha value is -1.68. The van der Waals surface area contributed by atoms with Crippen LogP contribution in [0.3, 0.4) is 0 Å². The van der Waals surface area contributed by atoms with E-state index in [1.807, 2.05) is 27.7 Å². The molecule has 0 saturated carbocycles. The maximum absolute atomic E-state index is 13.7. The summed E-state index contributed by atoms with van der Waals surface area (Å²) in [4.78, 5) is 15.0. The van der Waals surface area contributed by atoms with Crippen LogP contribution >= 0.6 is 0 Å². The monoisotopic (exact) mass is 291 g/mol. The highest BCUT2D eigenvalue weighted by molar-refractivity contribution is 6.03. The minimum atomic E-state index is -0.631. The summed E-state index contributed by atoms with van der Waals surface area (Å²) in [6, 6.07) is 6.34. The molecule has 0 bridgehead atoms. The van der Waals surface area contributed by atoms with Crippen molar-refractivity contribution in [3.05, 3.63) is 35.8 Å². The van der Waals surface area contributed by atoms with Crippen molar-refractivity contribution in [3.63, 3.8) is 0 Å². The Morgan fingerprint density at radius 3 is 2.48 bits per heavy atom. The highest BCUT2D eigenvalue weighted by Crippen LogP contribution is 2.29. The van der Waals surface area contributed by atoms with E-state index in [-0.39, 0.29) is 17.1 Å². The molecule has 1 aromatic carbocycles. The molecule has 114 valence electrons. The first-order chi connectivity index (χ1) is 9.97. The first kappa shape index (κ1) is 15.7. The number of carbonyl (C=O) groups excluding carboxylic acids is 1. The lowest BCUT2D eigenvalue weighted by molar-refractivity contribution is 0.0580. The normalized spacial score (nSPS) is 14.6. The number of fused-ring (bicyclic) bond motifs is 1. The number of likely N-dealkylation sites (N-methyl/N-ethyl adjacent to an activating group) is 1. The molecule has 1 atom stereocenters. The van der Waals surface area contributed by atoms with Crippen molar-refractivity contribution in [1.29, 1.82) is 0 Å². The Morgan fingerprint density at radius 2 is 1.95 bits per heavy atom. The van der Waals surface area contributed by atoms with Crippen LogP contribution < -0.4 is 0 Å². The summed E-state index contributed by atoms with van der Waals surface area (Å²) in [7, 11) is 0. The van der Waals surface area contributed by atoms with E-state index >= 15 is 0 Å². The van der Waals surface area contributed by atoms with Gasteiger partial charge in [0.2, 0.25) is 5.78 Å². The summed E-state index contributed by atoms with van der Waals surface area (Å²) in [6.07, 6.45) is 0.674. The number of Topliss-reactive ketones (excluding diaryl/α,β-unsaturated/α-hetero) is 1. The van der Waals surface area contributed by atoms with E-state index in [1.54, 1.807) is 18.2 Å². The zero-order valence-electron chi connectivity index (χ0n) is 13.1. The maximum Gasteiger partial charge on any atom is 0.217 e. The van der Waals surface area contributed by atoms with Gasteiger partial charge in [-0.3, -0.25) is 9.69 Å². The lowest BCUT2D eigenvalue weighted by Crippen LogP contribution is -2.51. The highest BCUT2D eigenvalue weighted by atomic mass is 19.1. The van der Waals surface area contributed by atoms with Crippen LogP contribution in [0, 0.1) is 5.82 Å². The van der Waals surface area contributed by atoms with Crippen LogP contribution in [0.15, 0.2) is 28.7 Å². The van der Waals surface area contributed by atoms with Gasteiger partial charge in [0.25, 0.3) is 0 Å². The zero-order chi connectivity index (χ0) is 15.6. The molecule has 0 fully saturated rings. The third-order valence-electron chi connectivity index (χ3n) is 4.36. The topological polar surface area (TPSA) is 33.5 Å². The second-order valence-electron chi connectivity index (χ2n) is 5.40. The van der Waals surface area contributed by atoms with Gasteiger partial charge in [0.05, 0.1) is 5.54 Å². The first-order valence-corrected chi connectivity index (χ1v) is 7.45. The van der Waals surface area contributed by atoms with Crippen molar-refractivity contribution >= 4 is 16.8 Å². The molecule has 4 heteroatoms. The van der Waals surface area contributed by atoms with Gasteiger partial charge in [-0.2, -0.15) is 0 Å². The van der Waals surface area contributed by atoms with Crippen molar-refractivity contribution in [2.75, 3.05) is 13.1 Å². The lowest BCUT2D eigenvalue weighted by Gasteiger charge is -2.37. The fourth-order valence-corrected chi connectivity index (χ4v) is 2.85. The molecule has 0 N–H and O–H groups in total. The number of furan rings is 1.